The molecule has 5 nitrogen and oxygen atoms in total. The van der Waals surface area contributed by atoms with Crippen molar-refractivity contribution in [2.75, 3.05) is 6.61 Å². The Morgan fingerprint density at radius 3 is 2.79 bits per heavy atom. The Kier molecular flexibility index (Phi) is 4.23. The Labute approximate surface area is 110 Å². The highest BCUT2D eigenvalue weighted by molar-refractivity contribution is 5.89. The van der Waals surface area contributed by atoms with Crippen LogP contribution < -0.4 is 4.74 Å². The van der Waals surface area contributed by atoms with Gasteiger partial charge in [0, 0.05) is 0 Å². The molecule has 2 aromatic rings. The van der Waals surface area contributed by atoms with Gasteiger partial charge in [0.05, 0.1) is 6.20 Å². The third-order valence-corrected chi connectivity index (χ3v) is 2.34. The third kappa shape index (κ3) is 3.64. The molecule has 2 rings (SSSR count). The predicted molar refractivity (Wildman–Crippen MR) is 70.0 cm³/mol. The predicted octanol–water partition coefficient (Wildman–Crippen LogP) is 2.27. The Morgan fingerprint density at radius 1 is 1.26 bits per heavy atom. The molecule has 0 amide bonds. The van der Waals surface area contributed by atoms with E-state index in [0.29, 0.717) is 0 Å². The van der Waals surface area contributed by atoms with E-state index >= 15 is 0 Å². The van der Waals surface area contributed by atoms with Crippen LogP contribution in [0, 0.1) is 0 Å². The molecule has 1 heterocycles. The van der Waals surface area contributed by atoms with Gasteiger partial charge < -0.3 is 9.84 Å². The maximum atomic E-state index is 10.9. The van der Waals surface area contributed by atoms with Gasteiger partial charge in [0.25, 0.3) is 0 Å². The average molecular weight is 256 g/mol. The summed E-state index contributed by atoms with van der Waals surface area (Å²) in [6, 6.07) is 11.1. The van der Waals surface area contributed by atoms with Crippen LogP contribution in [0.5, 0.6) is 5.88 Å². The molecule has 0 spiro atoms. The highest BCUT2D eigenvalue weighted by atomic mass is 16.5. The second kappa shape index (κ2) is 6.30. The topological polar surface area (TPSA) is 72.3 Å². The number of nitrogens with zero attached hydrogens (tertiary/aromatic N) is 2. The summed E-state index contributed by atoms with van der Waals surface area (Å²) >= 11 is 0. The lowest BCUT2D eigenvalue weighted by molar-refractivity contribution is 0.0691. The minimum Gasteiger partial charge on any atom is -0.477 e. The number of ether oxygens (including phenoxy) is 1. The Hall–Kier alpha value is -2.69. The molecule has 96 valence electrons. The van der Waals surface area contributed by atoms with Crippen molar-refractivity contribution in [3.63, 3.8) is 0 Å². The molecule has 1 aromatic carbocycles. The summed E-state index contributed by atoms with van der Waals surface area (Å²) in [6.45, 7) is 0.230. The van der Waals surface area contributed by atoms with Crippen LogP contribution in [-0.2, 0) is 0 Å². The SMILES string of the molecule is O=C(O)c1ccnnc1OC/C=C/c1ccccc1. The lowest BCUT2D eigenvalue weighted by Crippen LogP contribution is -2.05. The zero-order chi connectivity index (χ0) is 13.5. The molecule has 1 aromatic heterocycles. The van der Waals surface area contributed by atoms with Gasteiger partial charge in [-0.15, -0.1) is 5.10 Å². The van der Waals surface area contributed by atoms with Crippen LogP contribution >= 0.6 is 0 Å². The van der Waals surface area contributed by atoms with Crippen LogP contribution in [0.15, 0.2) is 48.7 Å². The largest absolute Gasteiger partial charge is 0.477 e. The van der Waals surface area contributed by atoms with Crippen molar-refractivity contribution in [3.8, 4) is 5.88 Å². The van der Waals surface area contributed by atoms with Gasteiger partial charge in [-0.05, 0) is 17.7 Å². The van der Waals surface area contributed by atoms with Gasteiger partial charge >= 0.3 is 5.97 Å². The molecule has 0 saturated heterocycles. The fourth-order valence-corrected chi connectivity index (χ4v) is 1.46. The van der Waals surface area contributed by atoms with Crippen LogP contribution in [0.4, 0.5) is 0 Å². The Morgan fingerprint density at radius 2 is 2.05 bits per heavy atom. The van der Waals surface area contributed by atoms with E-state index in [1.807, 2.05) is 36.4 Å². The number of rotatable bonds is 5. The number of aromatic nitrogens is 2. The molecule has 0 bridgehead atoms. The minimum absolute atomic E-state index is 0.00288. The van der Waals surface area contributed by atoms with Crippen molar-refractivity contribution in [2.45, 2.75) is 0 Å². The molecule has 1 N–H and O–H groups in total. The fraction of sp³-hybridized carbons (Fsp3) is 0.0714. The summed E-state index contributed by atoms with van der Waals surface area (Å²) in [7, 11) is 0. The zero-order valence-electron chi connectivity index (χ0n) is 10.1. The van der Waals surface area contributed by atoms with Gasteiger partial charge in [-0.25, -0.2) is 4.79 Å². The summed E-state index contributed by atoms with van der Waals surface area (Å²) in [5, 5.41) is 16.2. The summed E-state index contributed by atoms with van der Waals surface area (Å²) in [5.41, 5.74) is 1.05. The van der Waals surface area contributed by atoms with E-state index < -0.39 is 5.97 Å². The van der Waals surface area contributed by atoms with E-state index in [-0.39, 0.29) is 18.1 Å². The zero-order valence-corrected chi connectivity index (χ0v) is 10.1. The lowest BCUT2D eigenvalue weighted by atomic mass is 10.2. The van der Waals surface area contributed by atoms with Crippen molar-refractivity contribution in [2.24, 2.45) is 0 Å². The first-order chi connectivity index (χ1) is 9.27. The number of benzene rings is 1. The van der Waals surface area contributed by atoms with E-state index in [1.54, 1.807) is 6.08 Å². The summed E-state index contributed by atoms with van der Waals surface area (Å²) in [6.07, 6.45) is 4.99. The van der Waals surface area contributed by atoms with E-state index in [0.717, 1.165) is 5.56 Å². The van der Waals surface area contributed by atoms with Crippen molar-refractivity contribution in [1.29, 1.82) is 0 Å². The van der Waals surface area contributed by atoms with Gasteiger partial charge in [0.15, 0.2) is 0 Å². The highest BCUT2D eigenvalue weighted by Gasteiger charge is 2.11. The molecule has 0 atom stereocenters. The Balaban J connectivity index is 1.96. The lowest BCUT2D eigenvalue weighted by Gasteiger charge is -2.03. The molecule has 0 radical (unpaired) electrons. The van der Waals surface area contributed by atoms with E-state index in [9.17, 15) is 4.79 Å². The fourth-order valence-electron chi connectivity index (χ4n) is 1.46. The number of carbonyl (C=O) groups is 1. The van der Waals surface area contributed by atoms with Crippen LogP contribution in [0.2, 0.25) is 0 Å². The third-order valence-electron chi connectivity index (χ3n) is 2.34. The highest BCUT2D eigenvalue weighted by Crippen LogP contribution is 2.12. The normalized spacial score (nSPS) is 10.5. The minimum atomic E-state index is -1.09. The molecule has 0 fully saturated rings. The summed E-state index contributed by atoms with van der Waals surface area (Å²) < 4.78 is 5.28. The molecule has 0 aliphatic rings. The quantitative estimate of drug-likeness (QED) is 0.888. The van der Waals surface area contributed by atoms with E-state index in [4.69, 9.17) is 9.84 Å². The second-order valence-corrected chi connectivity index (χ2v) is 3.68. The van der Waals surface area contributed by atoms with Gasteiger partial charge in [0.2, 0.25) is 5.88 Å². The van der Waals surface area contributed by atoms with Crippen molar-refractivity contribution in [3.05, 3.63) is 59.8 Å². The molecule has 19 heavy (non-hydrogen) atoms. The van der Waals surface area contributed by atoms with E-state index in [2.05, 4.69) is 10.2 Å². The number of hydrogen-bond acceptors (Lipinski definition) is 4. The molecule has 5 heteroatoms. The summed E-state index contributed by atoms with van der Waals surface area (Å²) in [4.78, 5) is 10.9. The number of carboxylic acid groups (broad SMARTS) is 1. The standard InChI is InChI=1S/C14H12N2O3/c17-14(18)12-8-9-15-16-13(12)19-10-4-7-11-5-2-1-3-6-11/h1-9H,10H2,(H,17,18)/b7-4+. The molecular weight excluding hydrogens is 244 g/mol. The first kappa shape index (κ1) is 12.8. The van der Waals surface area contributed by atoms with Crippen molar-refractivity contribution in [1.82, 2.24) is 10.2 Å². The average Bonchev–Trinajstić information content (AvgIpc) is 2.45. The van der Waals surface area contributed by atoms with Gasteiger partial charge in [-0.3, -0.25) is 0 Å². The van der Waals surface area contributed by atoms with Crippen LogP contribution in [-0.4, -0.2) is 27.9 Å². The monoisotopic (exact) mass is 256 g/mol. The first-order valence-corrected chi connectivity index (χ1v) is 5.67. The van der Waals surface area contributed by atoms with Crippen LogP contribution in [0.25, 0.3) is 6.08 Å². The molecule has 0 unspecified atom stereocenters. The summed E-state index contributed by atoms with van der Waals surface area (Å²) in [5.74, 6) is -1.07. The van der Waals surface area contributed by atoms with Crippen molar-refractivity contribution < 1.29 is 14.6 Å². The van der Waals surface area contributed by atoms with Crippen LogP contribution in [0.1, 0.15) is 15.9 Å². The first-order valence-electron chi connectivity index (χ1n) is 5.67. The van der Waals surface area contributed by atoms with E-state index in [1.165, 1.54) is 12.3 Å². The van der Waals surface area contributed by atoms with Gasteiger partial charge in [-0.2, -0.15) is 5.10 Å². The van der Waals surface area contributed by atoms with Gasteiger partial charge in [-0.1, -0.05) is 36.4 Å². The maximum Gasteiger partial charge on any atom is 0.341 e. The van der Waals surface area contributed by atoms with Crippen LogP contribution in [0.3, 0.4) is 0 Å². The van der Waals surface area contributed by atoms with Crippen molar-refractivity contribution >= 4 is 12.0 Å². The number of aromatic carboxylic acids is 1. The molecule has 0 aliphatic heterocycles. The number of hydrogen-bond donors (Lipinski definition) is 1. The molecular formula is C14H12N2O3. The maximum absolute atomic E-state index is 10.9. The smallest absolute Gasteiger partial charge is 0.341 e. The van der Waals surface area contributed by atoms with Gasteiger partial charge in [0.1, 0.15) is 12.2 Å². The second-order valence-electron chi connectivity index (χ2n) is 3.68. The molecule has 0 saturated carbocycles. The number of carboxylic acids is 1. The molecule has 0 aliphatic carbocycles. The Bertz CT molecular complexity index is 582.